The summed E-state index contributed by atoms with van der Waals surface area (Å²) in [6.07, 6.45) is 5.01. The second-order valence-corrected chi connectivity index (χ2v) is 6.33. The lowest BCUT2D eigenvalue weighted by molar-refractivity contribution is 0.0792. The lowest BCUT2D eigenvalue weighted by Gasteiger charge is -2.15. The van der Waals surface area contributed by atoms with E-state index in [4.69, 9.17) is 9.47 Å². The summed E-state index contributed by atoms with van der Waals surface area (Å²) in [6, 6.07) is 7.05. The molecule has 1 saturated heterocycles. The van der Waals surface area contributed by atoms with Gasteiger partial charge in [0.2, 0.25) is 0 Å². The van der Waals surface area contributed by atoms with Crippen molar-refractivity contribution < 1.29 is 19.1 Å². The molecule has 0 aliphatic carbocycles. The van der Waals surface area contributed by atoms with Gasteiger partial charge in [-0.25, -0.2) is 0 Å². The highest BCUT2D eigenvalue weighted by atomic mass is 16.5. The first-order chi connectivity index (χ1) is 13.1. The molecule has 0 spiro atoms. The Morgan fingerprint density at radius 2 is 1.74 bits per heavy atom. The molecule has 2 aromatic rings. The van der Waals surface area contributed by atoms with Crippen molar-refractivity contribution in [3.05, 3.63) is 53.3 Å². The van der Waals surface area contributed by atoms with Crippen molar-refractivity contribution in [1.29, 1.82) is 0 Å². The minimum Gasteiger partial charge on any atom is -0.493 e. The van der Waals surface area contributed by atoms with Crippen molar-refractivity contribution in [1.82, 2.24) is 15.2 Å². The third-order valence-corrected chi connectivity index (χ3v) is 4.54. The van der Waals surface area contributed by atoms with Gasteiger partial charge in [0.05, 0.1) is 25.3 Å². The molecule has 7 heteroatoms. The lowest BCUT2D eigenvalue weighted by Crippen LogP contribution is -2.28. The first kappa shape index (κ1) is 18.7. The van der Waals surface area contributed by atoms with Crippen molar-refractivity contribution >= 4 is 11.8 Å². The van der Waals surface area contributed by atoms with Gasteiger partial charge in [0.1, 0.15) is 0 Å². The Hall–Kier alpha value is -3.09. The number of carbonyl (C=O) groups excluding carboxylic acids is 2. The third kappa shape index (κ3) is 4.36. The van der Waals surface area contributed by atoms with E-state index in [-0.39, 0.29) is 11.8 Å². The van der Waals surface area contributed by atoms with Gasteiger partial charge in [0.25, 0.3) is 11.8 Å². The number of amides is 2. The molecule has 1 fully saturated rings. The van der Waals surface area contributed by atoms with Gasteiger partial charge in [0, 0.05) is 32.0 Å². The molecule has 0 atom stereocenters. The van der Waals surface area contributed by atoms with Crippen LogP contribution in [0, 0.1) is 0 Å². The van der Waals surface area contributed by atoms with Crippen LogP contribution in [0.4, 0.5) is 0 Å². The van der Waals surface area contributed by atoms with Crippen LogP contribution in [0.15, 0.2) is 36.7 Å². The van der Waals surface area contributed by atoms with Gasteiger partial charge in [0.15, 0.2) is 11.5 Å². The van der Waals surface area contributed by atoms with E-state index in [0.717, 1.165) is 31.5 Å². The second kappa shape index (κ2) is 8.53. The summed E-state index contributed by atoms with van der Waals surface area (Å²) in [6.45, 7) is 1.84. The van der Waals surface area contributed by atoms with E-state index < -0.39 is 0 Å². The van der Waals surface area contributed by atoms with E-state index >= 15 is 0 Å². The highest BCUT2D eigenvalue weighted by Gasteiger charge is 2.20. The fourth-order valence-corrected chi connectivity index (χ4v) is 3.06. The number of rotatable bonds is 6. The average Bonchev–Trinajstić information content (AvgIpc) is 3.26. The molecule has 3 rings (SSSR count). The Labute approximate surface area is 158 Å². The van der Waals surface area contributed by atoms with Gasteiger partial charge < -0.3 is 19.7 Å². The molecule has 1 N–H and O–H groups in total. The van der Waals surface area contributed by atoms with E-state index in [9.17, 15) is 9.59 Å². The molecule has 0 bridgehead atoms. The summed E-state index contributed by atoms with van der Waals surface area (Å²) in [4.78, 5) is 30.8. The molecule has 1 aliphatic rings. The zero-order valence-corrected chi connectivity index (χ0v) is 15.5. The molecule has 142 valence electrons. The summed E-state index contributed by atoms with van der Waals surface area (Å²) in [7, 11) is 3.14. The molecule has 0 saturated carbocycles. The molecular formula is C20H23N3O4. The zero-order chi connectivity index (χ0) is 19.2. The van der Waals surface area contributed by atoms with E-state index in [1.807, 2.05) is 12.1 Å². The molecule has 27 heavy (non-hydrogen) atoms. The van der Waals surface area contributed by atoms with Crippen LogP contribution >= 0.6 is 0 Å². The van der Waals surface area contributed by atoms with Crippen LogP contribution in [0.3, 0.4) is 0 Å². The lowest BCUT2D eigenvalue weighted by atomic mass is 10.1. The molecule has 0 radical (unpaired) electrons. The predicted molar refractivity (Wildman–Crippen MR) is 100 cm³/mol. The molecular weight excluding hydrogens is 346 g/mol. The monoisotopic (exact) mass is 369 g/mol. The van der Waals surface area contributed by atoms with Crippen LogP contribution in [0.5, 0.6) is 11.5 Å². The van der Waals surface area contributed by atoms with Crippen LogP contribution < -0.4 is 14.8 Å². The Kier molecular flexibility index (Phi) is 5.90. The van der Waals surface area contributed by atoms with Gasteiger partial charge in [-0.3, -0.25) is 14.6 Å². The minimum absolute atomic E-state index is 0.0745. The molecule has 1 aromatic carbocycles. The standard InChI is InChI=1S/C20H23N3O4/c1-26-17-6-5-14(9-18(17)27-2)11-22-19(24)15-10-16(13-21-12-15)20(25)23-7-3-4-8-23/h5-6,9-10,12-13H,3-4,7-8,11H2,1-2H3,(H,22,24). The SMILES string of the molecule is COc1ccc(CNC(=O)c2cncc(C(=O)N3CCCC3)c2)cc1OC. The smallest absolute Gasteiger partial charge is 0.255 e. The number of hydrogen-bond donors (Lipinski definition) is 1. The maximum absolute atomic E-state index is 12.5. The Morgan fingerprint density at radius 1 is 1.04 bits per heavy atom. The number of methoxy groups -OCH3 is 2. The maximum Gasteiger partial charge on any atom is 0.255 e. The summed E-state index contributed by atoms with van der Waals surface area (Å²) < 4.78 is 10.5. The summed E-state index contributed by atoms with van der Waals surface area (Å²) in [5, 5.41) is 2.84. The van der Waals surface area contributed by atoms with Gasteiger partial charge >= 0.3 is 0 Å². The fourth-order valence-electron chi connectivity index (χ4n) is 3.06. The Balaban J connectivity index is 1.66. The number of aromatic nitrogens is 1. The molecule has 2 amide bonds. The van der Waals surface area contributed by atoms with Crippen molar-refractivity contribution in [2.75, 3.05) is 27.3 Å². The highest BCUT2D eigenvalue weighted by molar-refractivity contribution is 5.99. The average molecular weight is 369 g/mol. The fraction of sp³-hybridized carbons (Fsp3) is 0.350. The van der Waals surface area contributed by atoms with Crippen molar-refractivity contribution in [3.63, 3.8) is 0 Å². The number of nitrogens with one attached hydrogen (secondary N) is 1. The van der Waals surface area contributed by atoms with Gasteiger partial charge in [-0.1, -0.05) is 6.07 Å². The van der Waals surface area contributed by atoms with E-state index in [0.29, 0.717) is 29.2 Å². The zero-order valence-electron chi connectivity index (χ0n) is 15.5. The number of ether oxygens (including phenoxy) is 2. The summed E-state index contributed by atoms with van der Waals surface area (Å²) in [5.74, 6) is 0.872. The van der Waals surface area contributed by atoms with E-state index in [2.05, 4.69) is 10.3 Å². The van der Waals surface area contributed by atoms with Gasteiger partial charge in [-0.05, 0) is 36.6 Å². The summed E-state index contributed by atoms with van der Waals surface area (Å²) in [5.41, 5.74) is 1.68. The van der Waals surface area contributed by atoms with Crippen molar-refractivity contribution in [2.24, 2.45) is 0 Å². The maximum atomic E-state index is 12.5. The van der Waals surface area contributed by atoms with Gasteiger partial charge in [-0.15, -0.1) is 0 Å². The highest BCUT2D eigenvalue weighted by Crippen LogP contribution is 2.27. The quantitative estimate of drug-likeness (QED) is 0.845. The van der Waals surface area contributed by atoms with Crippen molar-refractivity contribution in [2.45, 2.75) is 19.4 Å². The van der Waals surface area contributed by atoms with Crippen molar-refractivity contribution in [3.8, 4) is 11.5 Å². The topological polar surface area (TPSA) is 80.8 Å². The molecule has 0 unspecified atom stereocenters. The van der Waals surface area contributed by atoms with Crippen LogP contribution in [-0.4, -0.2) is 49.0 Å². The van der Waals surface area contributed by atoms with Crippen LogP contribution in [-0.2, 0) is 6.54 Å². The van der Waals surface area contributed by atoms with Crippen LogP contribution in [0.25, 0.3) is 0 Å². The summed E-state index contributed by atoms with van der Waals surface area (Å²) >= 11 is 0. The van der Waals surface area contributed by atoms with Crippen LogP contribution in [0.2, 0.25) is 0 Å². The minimum atomic E-state index is -0.284. The number of hydrogen-bond acceptors (Lipinski definition) is 5. The number of benzene rings is 1. The molecule has 1 aromatic heterocycles. The number of nitrogens with zero attached hydrogens (tertiary/aromatic N) is 2. The molecule has 1 aliphatic heterocycles. The third-order valence-electron chi connectivity index (χ3n) is 4.54. The first-order valence-corrected chi connectivity index (χ1v) is 8.86. The first-order valence-electron chi connectivity index (χ1n) is 8.86. The number of likely N-dealkylation sites (tertiary alicyclic amines) is 1. The number of pyridine rings is 1. The molecule has 7 nitrogen and oxygen atoms in total. The van der Waals surface area contributed by atoms with Gasteiger partial charge in [-0.2, -0.15) is 0 Å². The van der Waals surface area contributed by atoms with E-state index in [1.165, 1.54) is 12.4 Å². The predicted octanol–water partition coefficient (Wildman–Crippen LogP) is 2.26. The number of carbonyl (C=O) groups is 2. The van der Waals surface area contributed by atoms with Crippen LogP contribution in [0.1, 0.15) is 39.1 Å². The Morgan fingerprint density at radius 3 is 2.44 bits per heavy atom. The second-order valence-electron chi connectivity index (χ2n) is 6.33. The largest absolute Gasteiger partial charge is 0.493 e. The Bertz CT molecular complexity index is 832. The van der Waals surface area contributed by atoms with E-state index in [1.54, 1.807) is 31.3 Å². The molecule has 2 heterocycles. The normalized spacial score (nSPS) is 13.3.